The second-order valence-corrected chi connectivity index (χ2v) is 14.1. The van der Waals surface area contributed by atoms with Crippen LogP contribution in [0.2, 0.25) is 0 Å². The number of aliphatic hydroxyl groups is 1. The van der Waals surface area contributed by atoms with Crippen LogP contribution >= 0.6 is 0 Å². The molecule has 9 nitrogen and oxygen atoms in total. The minimum absolute atomic E-state index is 0.0141. The third-order valence-corrected chi connectivity index (χ3v) is 8.36. The number of nitrogens with zero attached hydrogens (tertiary/aromatic N) is 1. The highest BCUT2D eigenvalue weighted by atomic mass is 32.2. The molecule has 0 unspecified atom stereocenters. The third kappa shape index (κ3) is 5.12. The van der Waals surface area contributed by atoms with Crippen LogP contribution in [0.25, 0.3) is 5.76 Å². The molecule has 2 aromatic rings. The van der Waals surface area contributed by atoms with Crippen molar-refractivity contribution in [2.75, 3.05) is 16.3 Å². The van der Waals surface area contributed by atoms with Crippen LogP contribution in [0.5, 0.6) is 0 Å². The fraction of sp³-hybridized carbons (Fsp3) is 0.360. The number of carbonyl (C=O) groups is 1. The van der Waals surface area contributed by atoms with Gasteiger partial charge in [0.1, 0.15) is 22.0 Å². The number of carbonyl (C=O) groups excluding carboxylic acids is 1. The zero-order valence-corrected chi connectivity index (χ0v) is 22.6. The third-order valence-electron chi connectivity index (χ3n) is 6.44. The first kappa shape index (κ1) is 26.8. The molecule has 1 atom stereocenters. The minimum atomic E-state index is -4.40. The summed E-state index contributed by atoms with van der Waals surface area (Å²) in [6, 6.07) is 7.58. The van der Waals surface area contributed by atoms with E-state index in [1.54, 1.807) is 6.92 Å². The average Bonchev–Trinajstić information content (AvgIpc) is 2.75. The van der Waals surface area contributed by atoms with E-state index in [1.807, 2.05) is 20.8 Å². The van der Waals surface area contributed by atoms with Crippen molar-refractivity contribution in [3.8, 4) is 0 Å². The summed E-state index contributed by atoms with van der Waals surface area (Å²) in [5, 5.41) is 13.9. The van der Waals surface area contributed by atoms with Gasteiger partial charge < -0.3 is 10.4 Å². The van der Waals surface area contributed by atoms with Crippen LogP contribution < -0.4 is 10.0 Å². The number of anilines is 2. The highest BCUT2D eigenvalue weighted by Crippen LogP contribution is 2.45. The van der Waals surface area contributed by atoms with Gasteiger partial charge in [-0.3, -0.25) is 9.52 Å². The van der Waals surface area contributed by atoms with Crippen LogP contribution in [-0.4, -0.2) is 39.8 Å². The van der Waals surface area contributed by atoms with E-state index in [0.29, 0.717) is 18.4 Å². The number of aliphatic hydroxyl groups excluding tert-OH is 1. The van der Waals surface area contributed by atoms with Gasteiger partial charge in [-0.1, -0.05) is 26.8 Å². The fourth-order valence-electron chi connectivity index (χ4n) is 4.47. The number of fused-ring (bicyclic) bond motifs is 2. The number of hydrogen-bond donors (Lipinski definition) is 3. The summed E-state index contributed by atoms with van der Waals surface area (Å²) in [6.45, 7) is 7.76. The number of benzene rings is 2. The van der Waals surface area contributed by atoms with Crippen LogP contribution in [0.3, 0.4) is 0 Å². The summed E-state index contributed by atoms with van der Waals surface area (Å²) < 4.78 is 69.5. The first-order chi connectivity index (χ1) is 16.9. The van der Waals surface area contributed by atoms with Gasteiger partial charge in [-0.2, -0.15) is 8.42 Å². The van der Waals surface area contributed by atoms with E-state index in [9.17, 15) is 31.1 Å². The lowest BCUT2D eigenvalue weighted by molar-refractivity contribution is -0.120. The zero-order valence-electron chi connectivity index (χ0n) is 21.0. The Bertz CT molecular complexity index is 1610. The number of hydrogen-bond acceptors (Lipinski definition) is 7. The Labute approximate surface area is 215 Å². The van der Waals surface area contributed by atoms with E-state index in [0.717, 1.165) is 18.4 Å². The molecule has 2 aromatic carbocycles. The molecule has 0 fully saturated rings. The van der Waals surface area contributed by atoms with Crippen molar-refractivity contribution in [2.45, 2.75) is 50.8 Å². The number of Topliss-reactive ketones (excluding diaryl/α,β-unsaturated/α-hetero) is 1. The van der Waals surface area contributed by atoms with Gasteiger partial charge in [0, 0.05) is 11.3 Å². The van der Waals surface area contributed by atoms with E-state index in [2.05, 4.69) is 14.4 Å². The lowest BCUT2D eigenvalue weighted by atomic mass is 9.65. The van der Waals surface area contributed by atoms with Crippen molar-refractivity contribution in [1.29, 1.82) is 0 Å². The van der Waals surface area contributed by atoms with E-state index in [1.165, 1.54) is 24.3 Å². The monoisotopic (exact) mass is 549 g/mol. The van der Waals surface area contributed by atoms with E-state index < -0.39 is 48.7 Å². The highest BCUT2D eigenvalue weighted by molar-refractivity contribution is 7.92. The molecule has 2 aliphatic rings. The maximum atomic E-state index is 14.2. The SMILES string of the molecule is CC(C)(C)CC[C@]1(C)C(=O)C(C2=NS(=O)(=O)c3cc(NS(C)(=O)=O)ccc3N2)=C(O)c2cc(F)ccc21. The molecule has 0 spiro atoms. The van der Waals surface area contributed by atoms with Crippen molar-refractivity contribution in [1.82, 2.24) is 0 Å². The van der Waals surface area contributed by atoms with Gasteiger partial charge in [-0.05, 0) is 61.1 Å². The van der Waals surface area contributed by atoms with Gasteiger partial charge in [0.25, 0.3) is 10.0 Å². The van der Waals surface area contributed by atoms with E-state index in [-0.39, 0.29) is 32.8 Å². The molecule has 0 aromatic heterocycles. The van der Waals surface area contributed by atoms with Gasteiger partial charge >= 0.3 is 0 Å². The molecule has 37 heavy (non-hydrogen) atoms. The molecule has 198 valence electrons. The molecule has 4 rings (SSSR count). The van der Waals surface area contributed by atoms with Gasteiger partial charge in [0.2, 0.25) is 10.0 Å². The Morgan fingerprint density at radius 2 is 1.84 bits per heavy atom. The molecule has 12 heteroatoms. The molecule has 0 amide bonds. The summed E-state index contributed by atoms with van der Waals surface area (Å²) in [5.41, 5.74) is -1.09. The van der Waals surface area contributed by atoms with Gasteiger partial charge in [0.15, 0.2) is 11.6 Å². The molecule has 1 aliphatic heterocycles. The predicted molar refractivity (Wildman–Crippen MR) is 140 cm³/mol. The second kappa shape index (κ2) is 8.66. The van der Waals surface area contributed by atoms with Crippen molar-refractivity contribution in [3.05, 3.63) is 58.9 Å². The number of halogens is 1. The van der Waals surface area contributed by atoms with Gasteiger partial charge in [0.05, 0.1) is 17.4 Å². The summed E-state index contributed by atoms with van der Waals surface area (Å²) in [6.07, 6.45) is 1.91. The fourth-order valence-corrected chi connectivity index (χ4v) is 6.17. The molecule has 1 aliphatic carbocycles. The topological polar surface area (TPSA) is 142 Å². The van der Waals surface area contributed by atoms with E-state index >= 15 is 0 Å². The normalized spacial score (nSPS) is 21.0. The van der Waals surface area contributed by atoms with Crippen molar-refractivity contribution >= 4 is 48.8 Å². The van der Waals surface area contributed by atoms with Crippen LogP contribution in [0.4, 0.5) is 15.8 Å². The second-order valence-electron chi connectivity index (χ2n) is 10.8. The van der Waals surface area contributed by atoms with Gasteiger partial charge in [-0.15, -0.1) is 4.40 Å². The largest absolute Gasteiger partial charge is 0.506 e. The number of rotatable bonds is 5. The van der Waals surface area contributed by atoms with Gasteiger partial charge in [-0.25, -0.2) is 12.8 Å². The molecule has 0 radical (unpaired) electrons. The van der Waals surface area contributed by atoms with Crippen LogP contribution in [0.15, 0.2) is 51.3 Å². The Kier molecular flexibility index (Phi) is 6.27. The average molecular weight is 550 g/mol. The van der Waals surface area contributed by atoms with Crippen molar-refractivity contribution < 1.29 is 31.1 Å². The Morgan fingerprint density at radius 3 is 2.46 bits per heavy atom. The molecule has 0 saturated heterocycles. The maximum absolute atomic E-state index is 14.2. The predicted octanol–water partition coefficient (Wildman–Crippen LogP) is 4.35. The van der Waals surface area contributed by atoms with Crippen molar-refractivity contribution in [2.24, 2.45) is 9.81 Å². The molecule has 0 saturated carbocycles. The maximum Gasteiger partial charge on any atom is 0.286 e. The zero-order chi connectivity index (χ0) is 27.6. The Balaban J connectivity index is 1.86. The summed E-state index contributed by atoms with van der Waals surface area (Å²) in [5.74, 6) is -2.14. The smallest absolute Gasteiger partial charge is 0.286 e. The van der Waals surface area contributed by atoms with Crippen LogP contribution in [0.1, 0.15) is 51.7 Å². The first-order valence-corrected chi connectivity index (χ1v) is 14.8. The standard InChI is InChI=1S/C25H28FN3O6S2/c1-24(2,3)10-11-25(4)17-8-6-14(26)12-16(17)21(30)20(22(25)31)23-27-18-9-7-15(28-36(5,32)33)13-19(18)37(34,35)29-23/h6-9,12-13,28,30H,10-11H2,1-5H3,(H,27,29)/t25-/m0/s1. The summed E-state index contributed by atoms with van der Waals surface area (Å²) in [4.78, 5) is 13.6. The molecule has 0 bridgehead atoms. The molecular weight excluding hydrogens is 521 g/mol. The lowest BCUT2D eigenvalue weighted by Gasteiger charge is -2.37. The Hall–Kier alpha value is -3.25. The molecule has 1 heterocycles. The summed E-state index contributed by atoms with van der Waals surface area (Å²) >= 11 is 0. The Morgan fingerprint density at radius 1 is 1.16 bits per heavy atom. The number of ketones is 1. The minimum Gasteiger partial charge on any atom is -0.506 e. The molecule has 3 N–H and O–H groups in total. The first-order valence-electron chi connectivity index (χ1n) is 11.4. The number of nitrogens with one attached hydrogen (secondary N) is 2. The molecular formula is C25H28FN3O6S2. The highest BCUT2D eigenvalue weighted by Gasteiger charge is 2.47. The number of amidine groups is 1. The van der Waals surface area contributed by atoms with Crippen LogP contribution in [-0.2, 0) is 30.3 Å². The number of sulfonamides is 2. The van der Waals surface area contributed by atoms with Crippen LogP contribution in [0, 0.1) is 11.2 Å². The lowest BCUT2D eigenvalue weighted by Crippen LogP contribution is -2.43. The van der Waals surface area contributed by atoms with E-state index in [4.69, 9.17) is 0 Å². The quantitative estimate of drug-likeness (QED) is 0.503. The van der Waals surface area contributed by atoms with Crippen molar-refractivity contribution in [3.63, 3.8) is 0 Å². The summed E-state index contributed by atoms with van der Waals surface area (Å²) in [7, 11) is -8.07.